The predicted molar refractivity (Wildman–Crippen MR) is 361 cm³/mol. The van der Waals surface area contributed by atoms with Gasteiger partial charge in [0.1, 0.15) is 17.6 Å². The second-order valence-electron chi connectivity index (χ2n) is 21.9. The number of Topliss-reactive ketones (excluding diaryl/α,β-unsaturated/α-hetero) is 2. The maximum absolute atomic E-state index is 14.8. The molecule has 0 fully saturated rings. The van der Waals surface area contributed by atoms with Crippen LogP contribution in [0.3, 0.4) is 0 Å². The summed E-state index contributed by atoms with van der Waals surface area (Å²) in [6.45, 7) is 12.3. The number of sulfonamides is 1. The standard InChI is InChI=1S/C69H94F4N2O25S2/c1-5-98-69(81)51(3)45-54-48-61(72)67(62(73)49-54)99-55-9-13-57(14-10-55)101(82,83)43-7-20-87-24-28-91-32-36-95-40-41-96-37-33-92-29-25-88-21-17-74-68(80)65(79)64(78)63(77)8-6-19-86-23-27-90-31-35-94-39-42-97-38-34-93-30-26-89-22-18-75-102(84,85)58-15-11-56(12-16-58)100-66-59(70)46-53(47-60(66)71)44-50(2)52(4)76/h9-16,44-49,64-65,75,78-79H,5-8,17-43H2,1-4H3,(H,74,80)/b50-44+,51-45+/t64-,65+/m0/s1. The normalized spacial score (nSPS) is 12.7. The van der Waals surface area contributed by atoms with E-state index in [1.54, 1.807) is 6.92 Å². The molecule has 0 aromatic heterocycles. The van der Waals surface area contributed by atoms with Crippen molar-refractivity contribution in [2.75, 3.05) is 184 Å². The van der Waals surface area contributed by atoms with Crippen LogP contribution in [0.15, 0.2) is 93.7 Å². The number of aliphatic hydroxyl groups excluding tert-OH is 2. The van der Waals surface area contributed by atoms with Crippen molar-refractivity contribution in [2.24, 2.45) is 0 Å². The first-order valence-corrected chi connectivity index (χ1v) is 36.1. The number of nitrogens with one attached hydrogen (secondary N) is 2. The molecule has 0 saturated heterocycles. The zero-order valence-corrected chi connectivity index (χ0v) is 59.4. The number of ether oxygens (including phenoxy) is 15. The van der Waals surface area contributed by atoms with Crippen molar-refractivity contribution in [1.29, 1.82) is 0 Å². The molecule has 4 N–H and O–H groups in total. The average Bonchev–Trinajstić information content (AvgIpc) is 0.826. The molecule has 1 amide bonds. The van der Waals surface area contributed by atoms with Crippen molar-refractivity contribution in [3.8, 4) is 23.0 Å². The Morgan fingerprint density at radius 3 is 1.18 bits per heavy atom. The van der Waals surface area contributed by atoms with Crippen molar-refractivity contribution < 1.29 is 135 Å². The van der Waals surface area contributed by atoms with E-state index in [4.69, 9.17) is 71.1 Å². The Morgan fingerprint density at radius 1 is 0.451 bits per heavy atom. The van der Waals surface area contributed by atoms with Crippen molar-refractivity contribution in [1.82, 2.24) is 10.0 Å². The van der Waals surface area contributed by atoms with Gasteiger partial charge in [0, 0.05) is 38.3 Å². The quantitative estimate of drug-likeness (QED) is 0.0163. The first-order chi connectivity index (χ1) is 49.0. The maximum Gasteiger partial charge on any atom is 0.333 e. The van der Waals surface area contributed by atoms with Crippen LogP contribution >= 0.6 is 0 Å². The number of carbonyl (C=O) groups is 4. The molecule has 4 rings (SSSR count). The highest BCUT2D eigenvalue weighted by molar-refractivity contribution is 7.91. The fourth-order valence-electron chi connectivity index (χ4n) is 8.43. The summed E-state index contributed by atoms with van der Waals surface area (Å²) in [6, 6.07) is 14.2. The molecular weight excluding hydrogens is 1400 g/mol. The lowest BCUT2D eigenvalue weighted by Crippen LogP contribution is -2.46. The van der Waals surface area contributed by atoms with Gasteiger partial charge in [0.25, 0.3) is 5.91 Å². The molecule has 2 atom stereocenters. The molecule has 0 saturated carbocycles. The van der Waals surface area contributed by atoms with Crippen molar-refractivity contribution in [3.05, 3.63) is 118 Å². The maximum atomic E-state index is 14.8. The van der Waals surface area contributed by atoms with Crippen molar-refractivity contribution >= 4 is 55.5 Å². The lowest BCUT2D eigenvalue weighted by molar-refractivity contribution is -0.145. The molecule has 33 heteroatoms. The summed E-state index contributed by atoms with van der Waals surface area (Å²) >= 11 is 0. The SMILES string of the molecule is CCOC(=O)/C(C)=C/c1cc(F)c(Oc2ccc(S(=O)(=O)CCCOCCOCCOCCOCCOCCOCCNC(=O)[C@H](O)[C@@H](O)C(=O)CCCOCCOCCOCCOCCOCCOCCNS(=O)(=O)c3ccc(Oc4c(F)cc(/C=C(\C)C(C)=O)cc4F)cc3)cc2)c(F)c1. The summed E-state index contributed by atoms with van der Waals surface area (Å²) in [6.07, 6.45) is -0.903. The first-order valence-electron chi connectivity index (χ1n) is 32.9. The fourth-order valence-corrected chi connectivity index (χ4v) is 10.7. The molecule has 0 spiro atoms. The van der Waals surface area contributed by atoms with Crippen LogP contribution in [-0.4, -0.2) is 247 Å². The van der Waals surface area contributed by atoms with E-state index in [2.05, 4.69) is 10.0 Å². The van der Waals surface area contributed by atoms with E-state index >= 15 is 0 Å². The number of rotatable bonds is 59. The summed E-state index contributed by atoms with van der Waals surface area (Å²) in [7, 11) is -7.61. The summed E-state index contributed by atoms with van der Waals surface area (Å²) in [4.78, 5) is 47.8. The van der Waals surface area contributed by atoms with Crippen LogP contribution in [0.2, 0.25) is 0 Å². The summed E-state index contributed by atoms with van der Waals surface area (Å²) in [5.41, 5.74) is 0.706. The van der Waals surface area contributed by atoms with E-state index in [1.807, 2.05) is 0 Å². The molecule has 0 aliphatic rings. The van der Waals surface area contributed by atoms with Gasteiger partial charge in [0.15, 0.2) is 62.3 Å². The Hall–Kier alpha value is -6.74. The second-order valence-corrected chi connectivity index (χ2v) is 25.8. The van der Waals surface area contributed by atoms with Crippen LogP contribution in [0, 0.1) is 23.3 Å². The summed E-state index contributed by atoms with van der Waals surface area (Å²) < 4.78 is 193. The Bertz CT molecular complexity index is 3380. The van der Waals surface area contributed by atoms with Crippen molar-refractivity contribution in [3.63, 3.8) is 0 Å². The fraction of sp³-hybridized carbons (Fsp3) is 0.536. The minimum Gasteiger partial charge on any atom is -0.463 e. The highest BCUT2D eigenvalue weighted by atomic mass is 32.2. The number of benzene rings is 4. The molecule has 0 unspecified atom stereocenters. The Balaban J connectivity index is 0.837. The third-order valence-electron chi connectivity index (χ3n) is 13.8. The highest BCUT2D eigenvalue weighted by Gasteiger charge is 2.30. The summed E-state index contributed by atoms with van der Waals surface area (Å²) in [5, 5.41) is 22.8. The first kappa shape index (κ1) is 87.7. The number of carbonyl (C=O) groups excluding carboxylic acids is 4. The highest BCUT2D eigenvalue weighted by Crippen LogP contribution is 2.32. The van der Waals surface area contributed by atoms with E-state index in [-0.39, 0.29) is 168 Å². The van der Waals surface area contributed by atoms with Gasteiger partial charge in [-0.05, 0) is 142 Å². The minimum atomic E-state index is -3.92. The van der Waals surface area contributed by atoms with Crippen LogP contribution in [0.4, 0.5) is 17.6 Å². The number of sulfone groups is 1. The van der Waals surface area contributed by atoms with E-state index in [0.717, 1.165) is 24.3 Å². The van der Waals surface area contributed by atoms with Gasteiger partial charge in [-0.2, -0.15) is 0 Å². The van der Waals surface area contributed by atoms with Gasteiger partial charge >= 0.3 is 5.97 Å². The molecule has 0 radical (unpaired) electrons. The number of halogens is 4. The van der Waals surface area contributed by atoms with E-state index in [1.165, 1.54) is 81.5 Å². The Kier molecular flexibility index (Phi) is 43.5. The van der Waals surface area contributed by atoms with Crippen LogP contribution in [0.25, 0.3) is 12.2 Å². The predicted octanol–water partition coefficient (Wildman–Crippen LogP) is 6.32. The number of aliphatic hydroxyl groups is 2. The molecule has 4 aromatic carbocycles. The van der Waals surface area contributed by atoms with Crippen LogP contribution < -0.4 is 19.5 Å². The van der Waals surface area contributed by atoms with E-state index < -0.39 is 84.5 Å². The molecule has 0 aliphatic carbocycles. The van der Waals surface area contributed by atoms with E-state index in [0.29, 0.717) is 84.9 Å². The zero-order valence-electron chi connectivity index (χ0n) is 57.8. The average molecular weight is 1490 g/mol. The number of hydrogen-bond donors (Lipinski definition) is 4. The topological polar surface area (TPSA) is 340 Å². The minimum absolute atomic E-state index is 0.000213. The number of ketones is 2. The number of esters is 1. The molecule has 570 valence electrons. The van der Waals surface area contributed by atoms with E-state index in [9.17, 15) is 63.8 Å². The molecule has 0 aliphatic heterocycles. The lowest BCUT2D eigenvalue weighted by Gasteiger charge is -2.16. The number of allylic oxidation sites excluding steroid dienone is 1. The third-order valence-corrected chi connectivity index (χ3v) is 17.1. The van der Waals surface area contributed by atoms with Gasteiger partial charge in [-0.1, -0.05) is 0 Å². The molecular formula is C69H94F4N2O25S2. The second kappa shape index (κ2) is 50.6. The monoisotopic (exact) mass is 1490 g/mol. The number of amides is 1. The van der Waals surface area contributed by atoms with Crippen LogP contribution in [0.1, 0.15) is 58.1 Å². The largest absolute Gasteiger partial charge is 0.463 e. The van der Waals surface area contributed by atoms with Gasteiger partial charge in [-0.15, -0.1) is 0 Å². The molecule has 27 nitrogen and oxygen atoms in total. The molecule has 102 heavy (non-hydrogen) atoms. The Morgan fingerprint density at radius 2 is 0.794 bits per heavy atom. The molecule has 4 aromatic rings. The van der Waals surface area contributed by atoms with Gasteiger partial charge in [0.05, 0.1) is 168 Å². The van der Waals surface area contributed by atoms with Gasteiger partial charge < -0.3 is 86.6 Å². The Labute approximate surface area is 592 Å². The van der Waals surface area contributed by atoms with Gasteiger partial charge in [-0.25, -0.2) is 43.9 Å². The van der Waals surface area contributed by atoms with Gasteiger partial charge in [0.2, 0.25) is 10.0 Å². The van der Waals surface area contributed by atoms with Crippen LogP contribution in [0.5, 0.6) is 23.0 Å². The molecule has 0 bridgehead atoms. The zero-order chi connectivity index (χ0) is 74.4. The molecule has 0 heterocycles. The lowest BCUT2D eigenvalue weighted by atomic mass is 10.1. The smallest absolute Gasteiger partial charge is 0.333 e. The third kappa shape index (κ3) is 36.1. The van der Waals surface area contributed by atoms with Crippen LogP contribution in [-0.2, 0) is 101 Å². The number of hydrogen-bond acceptors (Lipinski definition) is 25. The summed E-state index contributed by atoms with van der Waals surface area (Å²) in [5.74, 6) is -8.09. The van der Waals surface area contributed by atoms with Crippen molar-refractivity contribution in [2.45, 2.75) is 69.0 Å². The van der Waals surface area contributed by atoms with Gasteiger partial charge in [-0.3, -0.25) is 14.4 Å².